The summed E-state index contributed by atoms with van der Waals surface area (Å²) in [6, 6.07) is 2.19. The number of aryl methyl sites for hydroxylation is 2. The third-order valence-corrected chi connectivity index (χ3v) is 2.34. The Morgan fingerprint density at radius 1 is 1.54 bits per heavy atom. The van der Waals surface area contributed by atoms with E-state index in [-0.39, 0.29) is 5.38 Å². The maximum Gasteiger partial charge on any atom is 0.0311 e. The van der Waals surface area contributed by atoms with Gasteiger partial charge in [-0.05, 0) is 37.8 Å². The smallest absolute Gasteiger partial charge is 0.0311 e. The predicted octanol–water partition coefficient (Wildman–Crippen LogP) is 3.46. The van der Waals surface area contributed by atoms with Crippen LogP contribution < -0.4 is 0 Å². The molecular formula is C11H18ClN. The van der Waals surface area contributed by atoms with Crippen molar-refractivity contribution in [2.45, 2.75) is 45.0 Å². The second kappa shape index (κ2) is 5.33. The second-order valence-electron chi connectivity index (χ2n) is 3.58. The van der Waals surface area contributed by atoms with Crippen LogP contribution in [0, 0.1) is 0 Å². The molecule has 0 aliphatic rings. The minimum Gasteiger partial charge on any atom is -0.354 e. The lowest BCUT2D eigenvalue weighted by Crippen LogP contribution is -1.94. The zero-order valence-electron chi connectivity index (χ0n) is 8.46. The average molecular weight is 200 g/mol. The van der Waals surface area contributed by atoms with Gasteiger partial charge in [-0.3, -0.25) is 0 Å². The van der Waals surface area contributed by atoms with Crippen LogP contribution >= 0.6 is 11.6 Å². The van der Waals surface area contributed by atoms with Crippen LogP contribution in [0.5, 0.6) is 0 Å². The van der Waals surface area contributed by atoms with Crippen molar-refractivity contribution < 1.29 is 0 Å². The van der Waals surface area contributed by atoms with Gasteiger partial charge in [0.2, 0.25) is 0 Å². The number of hydrogen-bond acceptors (Lipinski definition) is 0. The van der Waals surface area contributed by atoms with E-state index in [1.54, 1.807) is 0 Å². The van der Waals surface area contributed by atoms with Crippen LogP contribution in [0.4, 0.5) is 0 Å². The van der Waals surface area contributed by atoms with Gasteiger partial charge in [0.1, 0.15) is 0 Å². The standard InChI is InChI=1S/C11H18ClN/c1-3-7-13-8-6-11(9-13)5-4-10(2)12/h6,8-10H,3-5,7H2,1-2H3. The molecule has 0 fully saturated rings. The van der Waals surface area contributed by atoms with Gasteiger partial charge in [0.25, 0.3) is 0 Å². The molecule has 1 nitrogen and oxygen atoms in total. The lowest BCUT2D eigenvalue weighted by molar-refractivity contribution is 0.680. The highest BCUT2D eigenvalue weighted by Crippen LogP contribution is 2.09. The number of aromatic nitrogens is 1. The summed E-state index contributed by atoms with van der Waals surface area (Å²) in [5.41, 5.74) is 1.40. The largest absolute Gasteiger partial charge is 0.354 e. The fourth-order valence-corrected chi connectivity index (χ4v) is 1.51. The van der Waals surface area contributed by atoms with Gasteiger partial charge in [-0.15, -0.1) is 11.6 Å². The predicted molar refractivity (Wildman–Crippen MR) is 58.4 cm³/mol. The van der Waals surface area contributed by atoms with Crippen molar-refractivity contribution in [1.29, 1.82) is 0 Å². The second-order valence-corrected chi connectivity index (χ2v) is 4.32. The molecule has 0 aliphatic heterocycles. The minimum atomic E-state index is 0.287. The number of halogens is 1. The summed E-state index contributed by atoms with van der Waals surface area (Å²) < 4.78 is 2.24. The molecule has 0 saturated heterocycles. The Morgan fingerprint density at radius 3 is 2.92 bits per heavy atom. The number of rotatable bonds is 5. The summed E-state index contributed by atoms with van der Waals surface area (Å²) in [5, 5.41) is 0.287. The van der Waals surface area contributed by atoms with Crippen LogP contribution in [0.3, 0.4) is 0 Å². The van der Waals surface area contributed by atoms with Crippen LogP contribution in [0.15, 0.2) is 18.5 Å². The summed E-state index contributed by atoms with van der Waals surface area (Å²) in [6.45, 7) is 5.36. The highest BCUT2D eigenvalue weighted by Gasteiger charge is 1.99. The molecule has 0 bridgehead atoms. The van der Waals surface area contributed by atoms with Crippen molar-refractivity contribution in [2.24, 2.45) is 0 Å². The molecule has 1 unspecified atom stereocenters. The Balaban J connectivity index is 2.39. The summed E-state index contributed by atoms with van der Waals surface area (Å²) in [7, 11) is 0. The molecule has 0 amide bonds. The number of nitrogens with zero attached hydrogens (tertiary/aromatic N) is 1. The van der Waals surface area contributed by atoms with Crippen LogP contribution in [0.25, 0.3) is 0 Å². The van der Waals surface area contributed by atoms with Crippen LogP contribution in [-0.4, -0.2) is 9.94 Å². The normalized spacial score (nSPS) is 13.2. The van der Waals surface area contributed by atoms with E-state index in [2.05, 4.69) is 30.0 Å². The zero-order chi connectivity index (χ0) is 9.68. The lowest BCUT2D eigenvalue weighted by atomic mass is 10.1. The van der Waals surface area contributed by atoms with Crippen molar-refractivity contribution in [3.05, 3.63) is 24.0 Å². The Morgan fingerprint density at radius 2 is 2.31 bits per heavy atom. The molecule has 1 aromatic rings. The molecule has 0 aromatic carbocycles. The van der Waals surface area contributed by atoms with E-state index >= 15 is 0 Å². The Kier molecular flexibility index (Phi) is 4.37. The Labute approximate surface area is 85.7 Å². The fraction of sp³-hybridized carbons (Fsp3) is 0.636. The van der Waals surface area contributed by atoms with E-state index in [1.165, 1.54) is 12.0 Å². The van der Waals surface area contributed by atoms with Gasteiger partial charge in [-0.2, -0.15) is 0 Å². The molecule has 0 aliphatic carbocycles. The maximum absolute atomic E-state index is 5.89. The first-order valence-electron chi connectivity index (χ1n) is 5.01. The molecule has 0 radical (unpaired) electrons. The van der Waals surface area contributed by atoms with E-state index in [4.69, 9.17) is 11.6 Å². The van der Waals surface area contributed by atoms with Crippen LogP contribution in [0.1, 0.15) is 32.3 Å². The molecule has 0 saturated carbocycles. The SMILES string of the molecule is CCCn1ccc(CCC(C)Cl)c1. The van der Waals surface area contributed by atoms with E-state index in [1.807, 2.05) is 6.92 Å². The molecule has 1 heterocycles. The highest BCUT2D eigenvalue weighted by atomic mass is 35.5. The van der Waals surface area contributed by atoms with Gasteiger partial charge in [-0.25, -0.2) is 0 Å². The number of alkyl halides is 1. The van der Waals surface area contributed by atoms with Gasteiger partial charge in [0.05, 0.1) is 0 Å². The molecule has 1 aromatic heterocycles. The van der Waals surface area contributed by atoms with Crippen LogP contribution in [0.2, 0.25) is 0 Å². The van der Waals surface area contributed by atoms with Gasteiger partial charge < -0.3 is 4.57 Å². The zero-order valence-corrected chi connectivity index (χ0v) is 9.22. The average Bonchev–Trinajstić information content (AvgIpc) is 2.50. The molecule has 0 N–H and O–H groups in total. The molecule has 0 spiro atoms. The van der Waals surface area contributed by atoms with E-state index in [0.717, 1.165) is 19.4 Å². The quantitative estimate of drug-likeness (QED) is 0.641. The van der Waals surface area contributed by atoms with Gasteiger partial charge >= 0.3 is 0 Å². The molecule has 1 rings (SSSR count). The minimum absolute atomic E-state index is 0.287. The van der Waals surface area contributed by atoms with Crippen LogP contribution in [-0.2, 0) is 13.0 Å². The highest BCUT2D eigenvalue weighted by molar-refractivity contribution is 6.20. The number of hydrogen-bond donors (Lipinski definition) is 0. The molecular weight excluding hydrogens is 182 g/mol. The van der Waals surface area contributed by atoms with Gasteiger partial charge in [0.15, 0.2) is 0 Å². The Bertz CT molecular complexity index is 240. The first-order chi connectivity index (χ1) is 6.22. The monoisotopic (exact) mass is 199 g/mol. The van der Waals surface area contributed by atoms with E-state index in [9.17, 15) is 0 Å². The summed E-state index contributed by atoms with van der Waals surface area (Å²) >= 11 is 5.89. The van der Waals surface area contributed by atoms with E-state index in [0.29, 0.717) is 0 Å². The van der Waals surface area contributed by atoms with Crippen molar-refractivity contribution in [3.8, 4) is 0 Å². The Hall–Kier alpha value is -0.430. The maximum atomic E-state index is 5.89. The molecule has 74 valence electrons. The van der Waals surface area contributed by atoms with Crippen molar-refractivity contribution in [3.63, 3.8) is 0 Å². The first-order valence-corrected chi connectivity index (χ1v) is 5.44. The lowest BCUT2D eigenvalue weighted by Gasteiger charge is -2.00. The molecule has 2 heteroatoms. The fourth-order valence-electron chi connectivity index (χ4n) is 1.40. The molecule has 13 heavy (non-hydrogen) atoms. The summed E-state index contributed by atoms with van der Waals surface area (Å²) in [6.07, 6.45) is 7.74. The molecule has 1 atom stereocenters. The summed E-state index contributed by atoms with van der Waals surface area (Å²) in [5.74, 6) is 0. The van der Waals surface area contributed by atoms with Crippen molar-refractivity contribution >= 4 is 11.6 Å². The van der Waals surface area contributed by atoms with Gasteiger partial charge in [0, 0.05) is 24.3 Å². The third-order valence-electron chi connectivity index (χ3n) is 2.12. The van der Waals surface area contributed by atoms with Crippen molar-refractivity contribution in [1.82, 2.24) is 4.57 Å². The van der Waals surface area contributed by atoms with E-state index < -0.39 is 0 Å². The topological polar surface area (TPSA) is 4.93 Å². The van der Waals surface area contributed by atoms with Gasteiger partial charge in [-0.1, -0.05) is 6.92 Å². The first kappa shape index (κ1) is 10.6. The third kappa shape index (κ3) is 3.86. The summed E-state index contributed by atoms with van der Waals surface area (Å²) in [4.78, 5) is 0. The van der Waals surface area contributed by atoms with Crippen molar-refractivity contribution in [2.75, 3.05) is 0 Å².